The zero-order chi connectivity index (χ0) is 16.1. The number of fused-ring (bicyclic) bond motifs is 2. The van der Waals surface area contributed by atoms with Crippen LogP contribution >= 0.6 is 0 Å². The van der Waals surface area contributed by atoms with E-state index in [9.17, 15) is 4.79 Å². The van der Waals surface area contributed by atoms with Gasteiger partial charge in [-0.3, -0.25) is 9.69 Å². The molecule has 0 amide bonds. The highest BCUT2D eigenvalue weighted by Gasteiger charge is 2.42. The van der Waals surface area contributed by atoms with Gasteiger partial charge in [-0.1, -0.05) is 56.5 Å². The molecule has 3 rings (SSSR count). The standard InChI is InChI=1S/C21H31NO/c1-2-3-4-8-11-21(23)18-14-19-12-13-20(15-18)22(19)16-17-9-6-5-7-10-17/h5-7,9-10,18-20H,2-4,8,11-16H2,1H3. The van der Waals surface area contributed by atoms with E-state index >= 15 is 0 Å². The molecule has 0 N–H and O–H groups in total. The number of nitrogens with zero attached hydrogens (tertiary/aromatic N) is 1. The van der Waals surface area contributed by atoms with Gasteiger partial charge >= 0.3 is 0 Å². The summed E-state index contributed by atoms with van der Waals surface area (Å²) >= 11 is 0. The van der Waals surface area contributed by atoms with Gasteiger partial charge in [-0.2, -0.15) is 0 Å². The van der Waals surface area contributed by atoms with Gasteiger partial charge in [-0.25, -0.2) is 0 Å². The molecule has 0 radical (unpaired) electrons. The first kappa shape index (κ1) is 16.7. The molecule has 2 aliphatic heterocycles. The molecule has 2 unspecified atom stereocenters. The second kappa shape index (κ2) is 8.10. The van der Waals surface area contributed by atoms with E-state index in [4.69, 9.17) is 0 Å². The lowest BCUT2D eigenvalue weighted by Crippen LogP contribution is -2.44. The molecule has 2 heteroatoms. The maximum absolute atomic E-state index is 12.5. The van der Waals surface area contributed by atoms with Gasteiger partial charge in [0.25, 0.3) is 0 Å². The van der Waals surface area contributed by atoms with Gasteiger partial charge in [-0.05, 0) is 37.7 Å². The molecule has 2 atom stereocenters. The van der Waals surface area contributed by atoms with Gasteiger partial charge in [0.15, 0.2) is 0 Å². The number of hydrogen-bond acceptors (Lipinski definition) is 2. The average molecular weight is 313 g/mol. The Bertz CT molecular complexity index is 484. The normalized spacial score (nSPS) is 27.3. The van der Waals surface area contributed by atoms with E-state index in [1.807, 2.05) is 0 Å². The summed E-state index contributed by atoms with van der Waals surface area (Å²) in [6.45, 7) is 3.29. The lowest BCUT2D eigenvalue weighted by molar-refractivity contribution is -0.125. The van der Waals surface area contributed by atoms with Gasteiger partial charge in [-0.15, -0.1) is 0 Å². The molecule has 0 aliphatic carbocycles. The van der Waals surface area contributed by atoms with E-state index in [-0.39, 0.29) is 0 Å². The number of carbonyl (C=O) groups excluding carboxylic acids is 1. The van der Waals surface area contributed by atoms with Gasteiger partial charge in [0, 0.05) is 31.0 Å². The predicted molar refractivity (Wildman–Crippen MR) is 95.3 cm³/mol. The molecule has 0 spiro atoms. The fourth-order valence-corrected chi connectivity index (χ4v) is 4.52. The monoisotopic (exact) mass is 313 g/mol. The van der Waals surface area contributed by atoms with Crippen LogP contribution in [0.5, 0.6) is 0 Å². The zero-order valence-electron chi connectivity index (χ0n) is 14.5. The van der Waals surface area contributed by atoms with Crippen LogP contribution in [0, 0.1) is 5.92 Å². The summed E-state index contributed by atoms with van der Waals surface area (Å²) in [5, 5.41) is 0. The van der Waals surface area contributed by atoms with Gasteiger partial charge in [0.1, 0.15) is 5.78 Å². The van der Waals surface area contributed by atoms with Gasteiger partial charge in [0.2, 0.25) is 0 Å². The largest absolute Gasteiger partial charge is 0.299 e. The molecule has 2 heterocycles. The van der Waals surface area contributed by atoms with Crippen LogP contribution in [0.25, 0.3) is 0 Å². The molecule has 126 valence electrons. The summed E-state index contributed by atoms with van der Waals surface area (Å²) in [6.07, 6.45) is 10.5. The van der Waals surface area contributed by atoms with Gasteiger partial charge < -0.3 is 0 Å². The molecular formula is C21H31NO. The highest BCUT2D eigenvalue weighted by Crippen LogP contribution is 2.40. The van der Waals surface area contributed by atoms with Crippen molar-refractivity contribution in [3.05, 3.63) is 35.9 Å². The highest BCUT2D eigenvalue weighted by molar-refractivity contribution is 5.81. The lowest BCUT2D eigenvalue weighted by atomic mass is 9.85. The topological polar surface area (TPSA) is 20.3 Å². The van der Waals surface area contributed by atoms with Crippen molar-refractivity contribution in [2.24, 2.45) is 5.92 Å². The van der Waals surface area contributed by atoms with E-state index in [2.05, 4.69) is 42.2 Å². The minimum atomic E-state index is 0.348. The van der Waals surface area contributed by atoms with E-state index in [1.54, 1.807) is 0 Å². The Morgan fingerprint density at radius 3 is 2.39 bits per heavy atom. The fourth-order valence-electron chi connectivity index (χ4n) is 4.52. The number of unbranched alkanes of at least 4 members (excludes halogenated alkanes) is 3. The third kappa shape index (κ3) is 4.23. The molecule has 2 saturated heterocycles. The Kier molecular flexibility index (Phi) is 5.88. The molecular weight excluding hydrogens is 282 g/mol. The number of ketones is 1. The summed E-state index contributed by atoms with van der Waals surface area (Å²) in [7, 11) is 0. The first-order valence-corrected chi connectivity index (χ1v) is 9.60. The van der Waals surface area contributed by atoms with Crippen LogP contribution in [-0.4, -0.2) is 22.8 Å². The summed E-state index contributed by atoms with van der Waals surface area (Å²) in [5.74, 6) is 0.901. The number of benzene rings is 1. The van der Waals surface area contributed by atoms with Crippen molar-refractivity contribution in [2.45, 2.75) is 83.3 Å². The van der Waals surface area contributed by atoms with Crippen molar-refractivity contribution >= 4 is 5.78 Å². The predicted octanol–water partition coefficient (Wildman–Crippen LogP) is 4.97. The Morgan fingerprint density at radius 1 is 1.04 bits per heavy atom. The Labute approximate surface area is 141 Å². The van der Waals surface area contributed by atoms with Crippen molar-refractivity contribution in [1.29, 1.82) is 0 Å². The van der Waals surface area contributed by atoms with Gasteiger partial charge in [0.05, 0.1) is 0 Å². The fraction of sp³-hybridized carbons (Fsp3) is 0.667. The molecule has 0 aromatic heterocycles. The molecule has 1 aromatic rings. The highest BCUT2D eigenvalue weighted by atomic mass is 16.1. The molecule has 2 nitrogen and oxygen atoms in total. The van der Waals surface area contributed by atoms with Crippen LogP contribution in [0.15, 0.2) is 30.3 Å². The summed E-state index contributed by atoms with van der Waals surface area (Å²) in [6, 6.07) is 12.1. The lowest BCUT2D eigenvalue weighted by Gasteiger charge is -2.38. The third-order valence-electron chi connectivity index (χ3n) is 5.82. The minimum Gasteiger partial charge on any atom is -0.299 e. The van der Waals surface area contributed by atoms with Crippen LogP contribution in [0.4, 0.5) is 0 Å². The van der Waals surface area contributed by atoms with Crippen molar-refractivity contribution < 1.29 is 4.79 Å². The number of piperidine rings is 1. The molecule has 1 aromatic carbocycles. The summed E-state index contributed by atoms with van der Waals surface area (Å²) in [4.78, 5) is 15.2. The second-order valence-corrected chi connectivity index (χ2v) is 7.49. The van der Waals surface area contributed by atoms with Crippen molar-refractivity contribution in [1.82, 2.24) is 4.90 Å². The number of rotatable bonds is 8. The number of hydrogen-bond donors (Lipinski definition) is 0. The Balaban J connectivity index is 1.51. The Morgan fingerprint density at radius 2 is 1.74 bits per heavy atom. The second-order valence-electron chi connectivity index (χ2n) is 7.49. The molecule has 2 fully saturated rings. The van der Waals surface area contributed by atoms with Crippen LogP contribution < -0.4 is 0 Å². The summed E-state index contributed by atoms with van der Waals surface area (Å²) < 4.78 is 0. The maximum atomic E-state index is 12.5. The first-order valence-electron chi connectivity index (χ1n) is 9.60. The van der Waals surface area contributed by atoms with Crippen molar-refractivity contribution in [2.75, 3.05) is 0 Å². The Hall–Kier alpha value is -1.15. The minimum absolute atomic E-state index is 0.348. The zero-order valence-corrected chi connectivity index (χ0v) is 14.5. The maximum Gasteiger partial charge on any atom is 0.136 e. The van der Waals surface area contributed by atoms with Crippen molar-refractivity contribution in [3.8, 4) is 0 Å². The first-order chi connectivity index (χ1) is 11.3. The smallest absolute Gasteiger partial charge is 0.136 e. The summed E-state index contributed by atoms with van der Waals surface area (Å²) in [5.41, 5.74) is 1.41. The van der Waals surface area contributed by atoms with E-state index < -0.39 is 0 Å². The van der Waals surface area contributed by atoms with E-state index in [0.717, 1.165) is 32.2 Å². The molecule has 2 bridgehead atoms. The van der Waals surface area contributed by atoms with Crippen molar-refractivity contribution in [3.63, 3.8) is 0 Å². The van der Waals surface area contributed by atoms with Crippen LogP contribution in [-0.2, 0) is 11.3 Å². The van der Waals surface area contributed by atoms with E-state index in [0.29, 0.717) is 23.8 Å². The van der Waals surface area contributed by atoms with Crippen LogP contribution in [0.3, 0.4) is 0 Å². The quantitative estimate of drug-likeness (QED) is 0.632. The van der Waals surface area contributed by atoms with Crippen LogP contribution in [0.2, 0.25) is 0 Å². The molecule has 2 aliphatic rings. The number of carbonyl (C=O) groups is 1. The number of Topliss-reactive ketones (excluding diaryl/α,β-unsaturated/α-hetero) is 1. The molecule has 23 heavy (non-hydrogen) atoms. The SMILES string of the molecule is CCCCCCC(=O)C1CC2CCC(C1)N2Cc1ccccc1. The molecule has 0 saturated carbocycles. The van der Waals surface area contributed by atoms with Crippen LogP contribution in [0.1, 0.15) is 70.3 Å². The van der Waals surface area contributed by atoms with E-state index in [1.165, 1.54) is 37.7 Å². The average Bonchev–Trinajstić information content (AvgIpc) is 2.81. The third-order valence-corrected chi connectivity index (χ3v) is 5.82.